The molecule has 0 fully saturated rings. The van der Waals surface area contributed by atoms with E-state index in [1.807, 2.05) is 6.20 Å². The first kappa shape index (κ1) is 23.0. The van der Waals surface area contributed by atoms with Crippen LogP contribution in [0.2, 0.25) is 0 Å². The van der Waals surface area contributed by atoms with Crippen LogP contribution in [-0.4, -0.2) is 13.1 Å². The van der Waals surface area contributed by atoms with Gasteiger partial charge in [-0.25, -0.2) is 0 Å². The van der Waals surface area contributed by atoms with E-state index < -0.39 is 8.07 Å². The second kappa shape index (κ2) is 9.85. The summed E-state index contributed by atoms with van der Waals surface area (Å²) in [7, 11) is -2.54. The van der Waals surface area contributed by atoms with Crippen molar-refractivity contribution in [1.29, 1.82) is 0 Å². The maximum atomic E-state index is 4.85. The minimum Gasteiger partial charge on any atom is -0.256 e. The van der Waals surface area contributed by atoms with Gasteiger partial charge in [-0.1, -0.05) is 129 Å². The van der Waals surface area contributed by atoms with Crippen LogP contribution < -0.4 is 20.7 Å². The Balaban J connectivity index is 1.81. The van der Waals surface area contributed by atoms with Crippen LogP contribution in [0.1, 0.15) is 30.9 Å². The quantitative estimate of drug-likeness (QED) is 0.234. The average molecular weight is 470 g/mol. The molecule has 0 N–H and O–H groups in total. The lowest BCUT2D eigenvalue weighted by Gasteiger charge is -2.34. The van der Waals surface area contributed by atoms with E-state index in [-0.39, 0.29) is 0 Å². The van der Waals surface area contributed by atoms with Crippen molar-refractivity contribution in [2.45, 2.75) is 26.7 Å². The SMILES string of the molecule is Cc1cnc(-c2cccc([Si](c3ccccc3)(c3ccccc3)c3ccccc3)c2)cc1C(C)C. The number of aryl methyl sites for hydroxylation is 1. The lowest BCUT2D eigenvalue weighted by atomic mass is 9.97. The molecule has 1 heterocycles. The van der Waals surface area contributed by atoms with Crippen LogP contribution >= 0.6 is 0 Å². The van der Waals surface area contributed by atoms with E-state index in [4.69, 9.17) is 4.98 Å². The molecule has 5 aromatic rings. The number of aromatic nitrogens is 1. The lowest BCUT2D eigenvalue weighted by molar-refractivity contribution is 0.852. The van der Waals surface area contributed by atoms with Crippen molar-refractivity contribution in [1.82, 2.24) is 4.98 Å². The molecule has 0 bridgehead atoms. The fourth-order valence-electron chi connectivity index (χ4n) is 5.30. The smallest absolute Gasteiger partial charge is 0.179 e. The molecule has 0 radical (unpaired) electrons. The van der Waals surface area contributed by atoms with Gasteiger partial charge in [0.2, 0.25) is 0 Å². The largest absolute Gasteiger partial charge is 0.256 e. The van der Waals surface area contributed by atoms with Crippen LogP contribution in [0.4, 0.5) is 0 Å². The molecular formula is C33H31NSi. The van der Waals surface area contributed by atoms with Crippen molar-refractivity contribution in [2.24, 2.45) is 0 Å². The predicted molar refractivity (Wildman–Crippen MR) is 152 cm³/mol. The lowest BCUT2D eigenvalue weighted by Crippen LogP contribution is -2.74. The minimum absolute atomic E-state index is 0.464. The van der Waals surface area contributed by atoms with Crippen molar-refractivity contribution in [3.05, 3.63) is 139 Å². The van der Waals surface area contributed by atoms with Crippen molar-refractivity contribution < 1.29 is 0 Å². The zero-order valence-corrected chi connectivity index (χ0v) is 21.6. The van der Waals surface area contributed by atoms with Crippen LogP contribution in [0.25, 0.3) is 11.3 Å². The van der Waals surface area contributed by atoms with Crippen LogP contribution in [0.3, 0.4) is 0 Å². The Labute approximate surface area is 210 Å². The molecule has 0 amide bonds. The summed E-state index contributed by atoms with van der Waals surface area (Å²) < 4.78 is 0. The summed E-state index contributed by atoms with van der Waals surface area (Å²) in [4.78, 5) is 4.85. The van der Waals surface area contributed by atoms with Crippen LogP contribution in [0, 0.1) is 6.92 Å². The molecule has 0 saturated heterocycles. The average Bonchev–Trinajstić information content (AvgIpc) is 2.91. The molecule has 35 heavy (non-hydrogen) atoms. The summed E-state index contributed by atoms with van der Waals surface area (Å²) in [6.07, 6.45) is 2.02. The number of hydrogen-bond donors (Lipinski definition) is 0. The highest BCUT2D eigenvalue weighted by atomic mass is 28.3. The molecule has 4 aromatic carbocycles. The van der Waals surface area contributed by atoms with Gasteiger partial charge in [0.05, 0.1) is 5.69 Å². The van der Waals surface area contributed by atoms with E-state index in [1.54, 1.807) is 0 Å². The third kappa shape index (κ3) is 4.26. The Morgan fingerprint density at radius 2 is 1.06 bits per heavy atom. The summed E-state index contributed by atoms with van der Waals surface area (Å²) in [5.41, 5.74) is 4.82. The zero-order chi connectivity index (χ0) is 24.3. The number of rotatable bonds is 6. The molecular weight excluding hydrogens is 438 g/mol. The molecule has 1 nitrogen and oxygen atoms in total. The molecule has 0 spiro atoms. The Bertz CT molecular complexity index is 1310. The van der Waals surface area contributed by atoms with Crippen LogP contribution in [0.5, 0.6) is 0 Å². The fraction of sp³-hybridized carbons (Fsp3) is 0.121. The van der Waals surface area contributed by atoms with Crippen molar-refractivity contribution >= 4 is 28.8 Å². The molecule has 1 aromatic heterocycles. The summed E-state index contributed by atoms with van der Waals surface area (Å²) in [5, 5.41) is 5.52. The van der Waals surface area contributed by atoms with E-state index in [9.17, 15) is 0 Å². The normalized spacial score (nSPS) is 11.5. The Morgan fingerprint density at radius 3 is 1.54 bits per heavy atom. The van der Waals surface area contributed by atoms with E-state index >= 15 is 0 Å². The second-order valence-corrected chi connectivity index (χ2v) is 13.3. The zero-order valence-electron chi connectivity index (χ0n) is 20.6. The van der Waals surface area contributed by atoms with Gasteiger partial charge in [0.15, 0.2) is 8.07 Å². The van der Waals surface area contributed by atoms with E-state index in [1.165, 1.54) is 37.4 Å². The molecule has 0 saturated carbocycles. The third-order valence-electron chi connectivity index (χ3n) is 6.98. The number of hydrogen-bond acceptors (Lipinski definition) is 1. The van der Waals surface area contributed by atoms with Gasteiger partial charge in [-0.15, -0.1) is 0 Å². The van der Waals surface area contributed by atoms with Gasteiger partial charge in [-0.3, -0.25) is 4.98 Å². The third-order valence-corrected chi connectivity index (χ3v) is 11.8. The van der Waals surface area contributed by atoms with Gasteiger partial charge in [-0.2, -0.15) is 0 Å². The van der Waals surface area contributed by atoms with Gasteiger partial charge < -0.3 is 0 Å². The fourth-order valence-corrected chi connectivity index (χ4v) is 10.1. The van der Waals surface area contributed by atoms with E-state index in [2.05, 4.69) is 142 Å². The molecule has 2 heteroatoms. The summed E-state index contributed by atoms with van der Waals surface area (Å²) in [6.45, 7) is 6.65. The predicted octanol–water partition coefficient (Wildman–Crippen LogP) is 5.56. The highest BCUT2D eigenvalue weighted by molar-refractivity contribution is 7.19. The van der Waals surface area contributed by atoms with E-state index in [0.29, 0.717) is 5.92 Å². The highest BCUT2D eigenvalue weighted by Crippen LogP contribution is 2.25. The molecule has 5 rings (SSSR count). The molecule has 172 valence electrons. The number of pyridine rings is 1. The van der Waals surface area contributed by atoms with Crippen molar-refractivity contribution in [3.63, 3.8) is 0 Å². The molecule has 0 atom stereocenters. The second-order valence-electron chi connectivity index (χ2n) is 9.51. The monoisotopic (exact) mass is 469 g/mol. The van der Waals surface area contributed by atoms with Gasteiger partial charge in [0.25, 0.3) is 0 Å². The molecule has 0 aliphatic rings. The number of nitrogens with zero attached hydrogens (tertiary/aromatic N) is 1. The van der Waals surface area contributed by atoms with Crippen LogP contribution in [-0.2, 0) is 0 Å². The number of benzene rings is 4. The van der Waals surface area contributed by atoms with Gasteiger partial charge >= 0.3 is 0 Å². The van der Waals surface area contributed by atoms with Gasteiger partial charge in [0, 0.05) is 11.8 Å². The Kier molecular flexibility index (Phi) is 6.48. The Morgan fingerprint density at radius 1 is 0.571 bits per heavy atom. The first-order valence-electron chi connectivity index (χ1n) is 12.3. The summed E-state index contributed by atoms with van der Waals surface area (Å²) >= 11 is 0. The van der Waals surface area contributed by atoms with Crippen molar-refractivity contribution in [3.8, 4) is 11.3 Å². The molecule has 0 aliphatic heterocycles. The standard InChI is InChI=1S/C33H31NSi/c1-25(2)32-23-33(34-24-26(32)3)27-14-13-21-31(22-27)35(28-15-7-4-8-16-28,29-17-9-5-10-18-29)30-19-11-6-12-20-30/h4-25H,1-3H3. The van der Waals surface area contributed by atoms with E-state index in [0.717, 1.165) is 5.69 Å². The topological polar surface area (TPSA) is 12.9 Å². The summed E-state index contributed by atoms with van der Waals surface area (Å²) in [5.74, 6) is 0.464. The van der Waals surface area contributed by atoms with Gasteiger partial charge in [0.1, 0.15) is 0 Å². The summed E-state index contributed by atoms with van der Waals surface area (Å²) in [6, 6.07) is 44.6. The highest BCUT2D eigenvalue weighted by Gasteiger charge is 2.41. The molecule has 0 aliphatic carbocycles. The van der Waals surface area contributed by atoms with Crippen LogP contribution in [0.15, 0.2) is 128 Å². The Hall–Kier alpha value is -3.75. The minimum atomic E-state index is -2.54. The molecule has 0 unspecified atom stereocenters. The first-order chi connectivity index (χ1) is 17.1. The maximum Gasteiger partial charge on any atom is 0.179 e. The van der Waals surface area contributed by atoms with Crippen molar-refractivity contribution in [2.75, 3.05) is 0 Å². The van der Waals surface area contributed by atoms with Gasteiger partial charge in [-0.05, 0) is 50.8 Å². The first-order valence-corrected chi connectivity index (χ1v) is 14.3. The maximum absolute atomic E-state index is 4.85.